The molecule has 2 rings (SSSR count). The van der Waals surface area contributed by atoms with Crippen LogP contribution in [-0.2, 0) is 14.3 Å². The third kappa shape index (κ3) is 2.35. The molecule has 6 heteroatoms. The predicted molar refractivity (Wildman–Crippen MR) is 64.1 cm³/mol. The zero-order chi connectivity index (χ0) is 13.3. The van der Waals surface area contributed by atoms with Gasteiger partial charge in [-0.3, -0.25) is 9.59 Å². The Labute approximate surface area is 106 Å². The molecule has 102 valence electrons. The van der Waals surface area contributed by atoms with Gasteiger partial charge in [0.2, 0.25) is 5.91 Å². The van der Waals surface area contributed by atoms with Crippen LogP contribution in [0.4, 0.5) is 0 Å². The Morgan fingerprint density at radius 3 is 2.78 bits per heavy atom. The molecule has 2 heterocycles. The lowest BCUT2D eigenvalue weighted by molar-refractivity contribution is -0.149. The maximum Gasteiger partial charge on any atom is 0.313 e. The number of carboxylic acids is 1. The van der Waals surface area contributed by atoms with Crippen molar-refractivity contribution in [3.63, 3.8) is 0 Å². The smallest absolute Gasteiger partial charge is 0.313 e. The normalized spacial score (nSPS) is 36.8. The standard InChI is InChI=1S/C12H20N2O4/c1-12(11(16)17)7-18-6-9(12)13-10(15)8-3-4-14(2)5-8/h8-9H,3-7H2,1-2H3,(H,13,15)(H,16,17). The molecule has 2 saturated heterocycles. The Kier molecular flexibility index (Phi) is 3.59. The molecule has 2 N–H and O–H groups in total. The van der Waals surface area contributed by atoms with Crippen molar-refractivity contribution < 1.29 is 19.4 Å². The number of nitrogens with one attached hydrogen (secondary N) is 1. The van der Waals surface area contributed by atoms with Gasteiger partial charge in [-0.25, -0.2) is 0 Å². The monoisotopic (exact) mass is 256 g/mol. The maximum absolute atomic E-state index is 12.1. The highest BCUT2D eigenvalue weighted by Crippen LogP contribution is 2.29. The summed E-state index contributed by atoms with van der Waals surface area (Å²) in [6, 6.07) is -0.437. The third-order valence-electron chi connectivity index (χ3n) is 4.02. The van der Waals surface area contributed by atoms with Crippen molar-refractivity contribution >= 4 is 11.9 Å². The Bertz CT molecular complexity index is 360. The molecular weight excluding hydrogens is 236 g/mol. The van der Waals surface area contributed by atoms with Crippen molar-refractivity contribution in [3.8, 4) is 0 Å². The Balaban J connectivity index is 1.96. The largest absolute Gasteiger partial charge is 0.481 e. The zero-order valence-electron chi connectivity index (χ0n) is 10.8. The first kappa shape index (κ1) is 13.3. The number of carboxylic acid groups (broad SMARTS) is 1. The molecule has 0 spiro atoms. The van der Waals surface area contributed by atoms with E-state index in [-0.39, 0.29) is 25.0 Å². The molecule has 2 aliphatic heterocycles. The number of carbonyl (C=O) groups is 2. The molecule has 0 saturated carbocycles. The van der Waals surface area contributed by atoms with Gasteiger partial charge in [0, 0.05) is 6.54 Å². The highest BCUT2D eigenvalue weighted by molar-refractivity contribution is 5.82. The fraction of sp³-hybridized carbons (Fsp3) is 0.833. The van der Waals surface area contributed by atoms with Crippen molar-refractivity contribution in [2.75, 3.05) is 33.4 Å². The van der Waals surface area contributed by atoms with E-state index in [4.69, 9.17) is 4.74 Å². The van der Waals surface area contributed by atoms with Crippen LogP contribution in [0.25, 0.3) is 0 Å². The van der Waals surface area contributed by atoms with Crippen molar-refractivity contribution in [2.45, 2.75) is 19.4 Å². The van der Waals surface area contributed by atoms with Crippen LogP contribution in [0.5, 0.6) is 0 Å². The molecule has 0 aromatic rings. The molecule has 2 aliphatic rings. The Morgan fingerprint density at radius 1 is 1.50 bits per heavy atom. The summed E-state index contributed by atoms with van der Waals surface area (Å²) in [6.07, 6.45) is 0.833. The first-order chi connectivity index (χ1) is 8.43. The van der Waals surface area contributed by atoms with Gasteiger partial charge in [-0.05, 0) is 26.9 Å². The summed E-state index contributed by atoms with van der Waals surface area (Å²) in [5.74, 6) is -1.01. The van der Waals surface area contributed by atoms with E-state index in [1.807, 2.05) is 7.05 Å². The van der Waals surface area contributed by atoms with Crippen LogP contribution in [0.15, 0.2) is 0 Å². The molecule has 0 aromatic carbocycles. The molecule has 3 unspecified atom stereocenters. The van der Waals surface area contributed by atoms with Crippen LogP contribution in [0.1, 0.15) is 13.3 Å². The van der Waals surface area contributed by atoms with Gasteiger partial charge in [-0.1, -0.05) is 0 Å². The van der Waals surface area contributed by atoms with Gasteiger partial charge >= 0.3 is 5.97 Å². The van der Waals surface area contributed by atoms with E-state index in [0.717, 1.165) is 19.5 Å². The number of likely N-dealkylation sites (tertiary alicyclic amines) is 1. The minimum absolute atomic E-state index is 0.0337. The number of hydrogen-bond donors (Lipinski definition) is 2. The zero-order valence-corrected chi connectivity index (χ0v) is 10.8. The first-order valence-corrected chi connectivity index (χ1v) is 6.23. The van der Waals surface area contributed by atoms with Gasteiger partial charge in [0.15, 0.2) is 0 Å². The van der Waals surface area contributed by atoms with Crippen molar-refractivity contribution in [1.29, 1.82) is 0 Å². The fourth-order valence-corrected chi connectivity index (χ4v) is 2.52. The topological polar surface area (TPSA) is 78.9 Å². The van der Waals surface area contributed by atoms with E-state index < -0.39 is 17.4 Å². The molecule has 3 atom stereocenters. The van der Waals surface area contributed by atoms with Crippen LogP contribution in [0.3, 0.4) is 0 Å². The van der Waals surface area contributed by atoms with Gasteiger partial charge in [-0.15, -0.1) is 0 Å². The van der Waals surface area contributed by atoms with Crippen LogP contribution < -0.4 is 5.32 Å². The van der Waals surface area contributed by atoms with Crippen LogP contribution in [0, 0.1) is 11.3 Å². The molecule has 0 radical (unpaired) electrons. The number of amides is 1. The van der Waals surface area contributed by atoms with E-state index >= 15 is 0 Å². The molecule has 1 amide bonds. The van der Waals surface area contributed by atoms with Crippen molar-refractivity contribution in [3.05, 3.63) is 0 Å². The summed E-state index contributed by atoms with van der Waals surface area (Å²) in [5, 5.41) is 12.1. The van der Waals surface area contributed by atoms with Gasteiger partial charge in [-0.2, -0.15) is 0 Å². The second-order valence-corrected chi connectivity index (χ2v) is 5.55. The highest BCUT2D eigenvalue weighted by Gasteiger charge is 2.47. The summed E-state index contributed by atoms with van der Waals surface area (Å²) < 4.78 is 5.21. The number of rotatable bonds is 3. The summed E-state index contributed by atoms with van der Waals surface area (Å²) in [5.41, 5.74) is -1.01. The average Bonchev–Trinajstić information content (AvgIpc) is 2.87. The van der Waals surface area contributed by atoms with Gasteiger partial charge < -0.3 is 20.1 Å². The number of aliphatic carboxylic acids is 1. The summed E-state index contributed by atoms with van der Waals surface area (Å²) in [4.78, 5) is 25.4. The van der Waals surface area contributed by atoms with Crippen LogP contribution >= 0.6 is 0 Å². The minimum atomic E-state index is -1.01. The summed E-state index contributed by atoms with van der Waals surface area (Å²) in [7, 11) is 1.98. The molecule has 18 heavy (non-hydrogen) atoms. The molecule has 0 bridgehead atoms. The molecule has 0 aromatic heterocycles. The predicted octanol–water partition coefficient (Wildman–Crippen LogP) is -0.456. The van der Waals surface area contributed by atoms with Crippen LogP contribution in [0.2, 0.25) is 0 Å². The van der Waals surface area contributed by atoms with Crippen LogP contribution in [-0.4, -0.2) is 61.3 Å². The number of nitrogens with zero attached hydrogens (tertiary/aromatic N) is 1. The lowest BCUT2D eigenvalue weighted by Gasteiger charge is -2.26. The third-order valence-corrected chi connectivity index (χ3v) is 4.02. The quantitative estimate of drug-likeness (QED) is 0.714. The van der Waals surface area contributed by atoms with Gasteiger partial charge in [0.05, 0.1) is 25.2 Å². The number of hydrogen-bond acceptors (Lipinski definition) is 4. The second kappa shape index (κ2) is 4.85. The Morgan fingerprint density at radius 2 is 2.22 bits per heavy atom. The van der Waals surface area contributed by atoms with E-state index in [2.05, 4.69) is 10.2 Å². The number of ether oxygens (including phenoxy) is 1. The molecule has 0 aliphatic carbocycles. The maximum atomic E-state index is 12.1. The second-order valence-electron chi connectivity index (χ2n) is 5.55. The SMILES string of the molecule is CN1CCC(C(=O)NC2COCC2(C)C(=O)O)C1. The van der Waals surface area contributed by atoms with Crippen molar-refractivity contribution in [1.82, 2.24) is 10.2 Å². The fourth-order valence-electron chi connectivity index (χ4n) is 2.52. The van der Waals surface area contributed by atoms with E-state index in [1.165, 1.54) is 0 Å². The van der Waals surface area contributed by atoms with E-state index in [0.29, 0.717) is 0 Å². The van der Waals surface area contributed by atoms with E-state index in [1.54, 1.807) is 6.92 Å². The molecule has 6 nitrogen and oxygen atoms in total. The summed E-state index contributed by atoms with van der Waals surface area (Å²) in [6.45, 7) is 3.70. The lowest BCUT2D eigenvalue weighted by Crippen LogP contribution is -2.51. The number of carbonyl (C=O) groups excluding carboxylic acids is 1. The van der Waals surface area contributed by atoms with Gasteiger partial charge in [0.1, 0.15) is 5.41 Å². The summed E-state index contributed by atoms with van der Waals surface area (Å²) >= 11 is 0. The van der Waals surface area contributed by atoms with Crippen molar-refractivity contribution in [2.24, 2.45) is 11.3 Å². The van der Waals surface area contributed by atoms with Gasteiger partial charge in [0.25, 0.3) is 0 Å². The first-order valence-electron chi connectivity index (χ1n) is 6.23. The van der Waals surface area contributed by atoms with E-state index in [9.17, 15) is 14.7 Å². The average molecular weight is 256 g/mol. The lowest BCUT2D eigenvalue weighted by atomic mass is 9.85. The highest BCUT2D eigenvalue weighted by atomic mass is 16.5. The molecular formula is C12H20N2O4. The Hall–Kier alpha value is -1.14. The minimum Gasteiger partial charge on any atom is -0.481 e. The molecule has 2 fully saturated rings.